The smallest absolute Gasteiger partial charge is 0.371 e. The van der Waals surface area contributed by atoms with Crippen molar-refractivity contribution in [3.05, 3.63) is 47.7 Å². The Hall–Kier alpha value is -3.07. The van der Waals surface area contributed by atoms with Crippen LogP contribution < -0.4 is 20.4 Å². The summed E-state index contributed by atoms with van der Waals surface area (Å²) in [4.78, 5) is 24.2. The van der Waals surface area contributed by atoms with E-state index in [1.165, 1.54) is 18.7 Å². The van der Waals surface area contributed by atoms with Crippen LogP contribution >= 0.6 is 12.4 Å². The zero-order valence-electron chi connectivity index (χ0n) is 23.9. The third-order valence-electron chi connectivity index (χ3n) is 8.77. The van der Waals surface area contributed by atoms with Gasteiger partial charge in [-0.1, -0.05) is 0 Å². The summed E-state index contributed by atoms with van der Waals surface area (Å²) in [5.74, 6) is 0.855. The number of carbonyl (C=O) groups is 1. The van der Waals surface area contributed by atoms with Gasteiger partial charge in [0.15, 0.2) is 0 Å². The molecule has 1 aromatic heterocycles. The average molecular weight is 606 g/mol. The summed E-state index contributed by atoms with van der Waals surface area (Å²) in [5, 5.41) is 15.4. The van der Waals surface area contributed by atoms with E-state index in [1.54, 1.807) is 6.07 Å². The lowest BCUT2D eigenvalue weighted by Gasteiger charge is -2.39. The Labute approximate surface area is 251 Å². The predicted molar refractivity (Wildman–Crippen MR) is 160 cm³/mol. The van der Waals surface area contributed by atoms with Crippen LogP contribution in [0.1, 0.15) is 43.7 Å². The SMILES string of the molecule is C[C@@H]1CNCCN1CC1CCN(c2ccc(NC(=O)C3CCN(c4ccc(C#N)c(C(F)(F)F)c4)CC3)nc2)CC1.Cl. The minimum absolute atomic E-state index is 0. The summed E-state index contributed by atoms with van der Waals surface area (Å²) in [5.41, 5.74) is 0.154. The summed E-state index contributed by atoms with van der Waals surface area (Å²) in [6.45, 7) is 9.64. The van der Waals surface area contributed by atoms with Gasteiger partial charge in [-0.25, -0.2) is 4.98 Å². The van der Waals surface area contributed by atoms with E-state index < -0.39 is 11.7 Å². The quantitative estimate of drug-likeness (QED) is 0.491. The highest BCUT2D eigenvalue weighted by molar-refractivity contribution is 5.92. The van der Waals surface area contributed by atoms with Crippen LogP contribution in [0.5, 0.6) is 0 Å². The number of nitriles is 1. The largest absolute Gasteiger partial charge is 0.417 e. The third-order valence-corrected chi connectivity index (χ3v) is 8.77. The zero-order chi connectivity index (χ0) is 29.0. The van der Waals surface area contributed by atoms with Gasteiger partial charge in [0.05, 0.1) is 29.1 Å². The summed E-state index contributed by atoms with van der Waals surface area (Å²) >= 11 is 0. The summed E-state index contributed by atoms with van der Waals surface area (Å²) in [6.07, 6.45) is 0.587. The molecule has 2 N–H and O–H groups in total. The van der Waals surface area contributed by atoms with Crippen molar-refractivity contribution < 1.29 is 18.0 Å². The van der Waals surface area contributed by atoms with Crippen molar-refractivity contribution in [2.45, 2.75) is 44.8 Å². The normalized spacial score (nSPS) is 21.0. The predicted octanol–water partition coefficient (Wildman–Crippen LogP) is 4.76. The van der Waals surface area contributed by atoms with Crippen molar-refractivity contribution in [2.75, 3.05) is 67.5 Å². The molecule has 1 atom stereocenters. The molecule has 0 saturated carbocycles. The number of amides is 1. The van der Waals surface area contributed by atoms with Gasteiger partial charge in [-0.3, -0.25) is 9.69 Å². The summed E-state index contributed by atoms with van der Waals surface area (Å²) < 4.78 is 40.1. The van der Waals surface area contributed by atoms with E-state index in [2.05, 4.69) is 32.3 Å². The molecular formula is C30H39ClF3N7O. The van der Waals surface area contributed by atoms with Crippen molar-refractivity contribution in [1.29, 1.82) is 5.26 Å². The second kappa shape index (κ2) is 13.9. The molecule has 2 aromatic rings. The molecule has 0 radical (unpaired) electrons. The molecular weight excluding hydrogens is 567 g/mol. The van der Waals surface area contributed by atoms with E-state index in [-0.39, 0.29) is 29.8 Å². The molecule has 5 rings (SSSR count). The van der Waals surface area contributed by atoms with Crippen molar-refractivity contribution in [2.24, 2.45) is 11.8 Å². The maximum atomic E-state index is 13.4. The Balaban J connectivity index is 0.00000405. The van der Waals surface area contributed by atoms with Gasteiger partial charge < -0.3 is 20.4 Å². The topological polar surface area (TPSA) is 87.5 Å². The van der Waals surface area contributed by atoms with Gasteiger partial charge in [-0.2, -0.15) is 18.4 Å². The van der Waals surface area contributed by atoms with Gasteiger partial charge in [-0.05, 0) is 68.9 Å². The number of halogens is 4. The van der Waals surface area contributed by atoms with Gasteiger partial charge in [-0.15, -0.1) is 12.4 Å². The Kier molecular flexibility index (Phi) is 10.6. The van der Waals surface area contributed by atoms with Crippen LogP contribution in [0.25, 0.3) is 0 Å². The highest BCUT2D eigenvalue weighted by Crippen LogP contribution is 2.35. The lowest BCUT2D eigenvalue weighted by molar-refractivity contribution is -0.137. The highest BCUT2D eigenvalue weighted by Gasteiger charge is 2.35. The van der Waals surface area contributed by atoms with Gasteiger partial charge in [0.25, 0.3) is 0 Å². The van der Waals surface area contributed by atoms with Crippen molar-refractivity contribution >= 4 is 35.5 Å². The number of anilines is 3. The van der Waals surface area contributed by atoms with Crippen molar-refractivity contribution in [1.82, 2.24) is 15.2 Å². The number of benzene rings is 1. The molecule has 0 bridgehead atoms. The minimum Gasteiger partial charge on any atom is -0.371 e. The molecule has 12 heteroatoms. The molecule has 3 fully saturated rings. The van der Waals surface area contributed by atoms with Crippen LogP contribution in [-0.4, -0.2) is 74.2 Å². The van der Waals surface area contributed by atoms with Crippen LogP contribution in [-0.2, 0) is 11.0 Å². The van der Waals surface area contributed by atoms with Crippen molar-refractivity contribution in [3.8, 4) is 6.07 Å². The van der Waals surface area contributed by atoms with E-state index in [0.717, 1.165) is 57.3 Å². The average Bonchev–Trinajstić information content (AvgIpc) is 2.98. The molecule has 0 aliphatic carbocycles. The lowest BCUT2D eigenvalue weighted by atomic mass is 9.95. The number of piperazine rings is 1. The lowest BCUT2D eigenvalue weighted by Crippen LogP contribution is -2.52. The van der Waals surface area contributed by atoms with E-state index in [4.69, 9.17) is 5.26 Å². The first kappa shape index (κ1) is 31.9. The first-order valence-corrected chi connectivity index (χ1v) is 14.5. The Morgan fingerprint density at radius 1 is 1.05 bits per heavy atom. The molecule has 228 valence electrons. The molecule has 3 aliphatic rings. The maximum Gasteiger partial charge on any atom is 0.417 e. The Bertz CT molecular complexity index is 1240. The number of rotatable bonds is 6. The second-order valence-electron chi connectivity index (χ2n) is 11.5. The number of nitrogens with one attached hydrogen (secondary N) is 2. The number of pyridine rings is 1. The first-order chi connectivity index (χ1) is 19.7. The van der Waals surface area contributed by atoms with Crippen LogP contribution in [0.2, 0.25) is 0 Å². The molecule has 1 amide bonds. The number of hydrogen-bond acceptors (Lipinski definition) is 7. The van der Waals surface area contributed by atoms with Gasteiger partial charge in [0, 0.05) is 70.0 Å². The summed E-state index contributed by atoms with van der Waals surface area (Å²) in [6, 6.07) is 9.83. The van der Waals surface area contributed by atoms with Gasteiger partial charge in [0.2, 0.25) is 5.91 Å². The van der Waals surface area contributed by atoms with Gasteiger partial charge in [0.1, 0.15) is 5.82 Å². The molecule has 3 saturated heterocycles. The van der Waals surface area contributed by atoms with E-state index in [0.29, 0.717) is 49.4 Å². The fourth-order valence-corrected chi connectivity index (χ4v) is 6.20. The maximum absolute atomic E-state index is 13.4. The number of hydrogen-bond donors (Lipinski definition) is 2. The zero-order valence-corrected chi connectivity index (χ0v) is 24.7. The standard InChI is InChI=1S/C30H38F3N7O.ClH/c1-21-18-35-10-15-40(21)20-22-6-11-39(12-7-22)26-4-5-28(36-19-26)37-29(41)23-8-13-38(14-9-23)25-3-2-24(17-34)27(16-25)30(31,32)33;/h2-5,16,19,21-23,35H,6-15,18,20H2,1H3,(H,36,37,41);1H/t21-;/m1./s1. The second-order valence-corrected chi connectivity index (χ2v) is 11.5. The van der Waals surface area contributed by atoms with E-state index >= 15 is 0 Å². The first-order valence-electron chi connectivity index (χ1n) is 14.5. The number of nitrogens with zero attached hydrogens (tertiary/aromatic N) is 5. The Morgan fingerprint density at radius 3 is 2.33 bits per heavy atom. The summed E-state index contributed by atoms with van der Waals surface area (Å²) in [7, 11) is 0. The van der Waals surface area contributed by atoms with Crippen LogP contribution in [0.3, 0.4) is 0 Å². The monoisotopic (exact) mass is 605 g/mol. The van der Waals surface area contributed by atoms with Crippen LogP contribution in [0, 0.1) is 23.2 Å². The molecule has 42 heavy (non-hydrogen) atoms. The fraction of sp³-hybridized carbons (Fsp3) is 0.567. The van der Waals surface area contributed by atoms with E-state index in [1.807, 2.05) is 23.2 Å². The molecule has 8 nitrogen and oxygen atoms in total. The van der Waals surface area contributed by atoms with Crippen LogP contribution in [0.15, 0.2) is 36.5 Å². The molecule has 3 aliphatic heterocycles. The van der Waals surface area contributed by atoms with E-state index in [9.17, 15) is 18.0 Å². The molecule has 4 heterocycles. The number of piperidine rings is 2. The third kappa shape index (κ3) is 7.65. The molecule has 0 spiro atoms. The Morgan fingerprint density at radius 2 is 1.71 bits per heavy atom. The number of alkyl halides is 3. The van der Waals surface area contributed by atoms with Crippen molar-refractivity contribution in [3.63, 3.8) is 0 Å². The molecule has 0 unspecified atom stereocenters. The van der Waals surface area contributed by atoms with Crippen LogP contribution in [0.4, 0.5) is 30.4 Å². The fourth-order valence-electron chi connectivity index (χ4n) is 6.20. The minimum atomic E-state index is -4.60. The number of aromatic nitrogens is 1. The molecule has 1 aromatic carbocycles. The number of carbonyl (C=O) groups excluding carboxylic acids is 1. The highest BCUT2D eigenvalue weighted by atomic mass is 35.5. The van der Waals surface area contributed by atoms with Gasteiger partial charge >= 0.3 is 6.18 Å².